The summed E-state index contributed by atoms with van der Waals surface area (Å²) < 4.78 is 0. The van der Waals surface area contributed by atoms with Crippen LogP contribution in [0.3, 0.4) is 0 Å². The van der Waals surface area contributed by atoms with Gasteiger partial charge in [0.15, 0.2) is 0 Å². The number of rotatable bonds is 5. The summed E-state index contributed by atoms with van der Waals surface area (Å²) in [6.45, 7) is 4.12. The molecule has 0 aliphatic carbocycles. The van der Waals surface area contributed by atoms with Gasteiger partial charge in [-0.3, -0.25) is 4.90 Å². The molecule has 1 aromatic heterocycles. The van der Waals surface area contributed by atoms with Crippen LogP contribution >= 0.6 is 11.3 Å². The predicted molar refractivity (Wildman–Crippen MR) is 89.1 cm³/mol. The minimum atomic E-state index is 0.342. The van der Waals surface area contributed by atoms with Crippen molar-refractivity contribution in [2.24, 2.45) is 0 Å². The molecule has 1 aliphatic rings. The van der Waals surface area contributed by atoms with Crippen molar-refractivity contribution in [1.82, 2.24) is 15.1 Å². The molecule has 0 unspecified atom stereocenters. The lowest BCUT2D eigenvalue weighted by molar-refractivity contribution is 0.132. The number of piperidine rings is 1. The Morgan fingerprint density at radius 3 is 2.77 bits per heavy atom. The van der Waals surface area contributed by atoms with Crippen molar-refractivity contribution in [3.63, 3.8) is 0 Å². The van der Waals surface area contributed by atoms with Crippen LogP contribution in [0.5, 0.6) is 5.75 Å². The molecule has 0 radical (unpaired) electrons. The molecule has 2 aromatic rings. The SMILES string of the molecule is Cc1nnc(CN2CCCC[C@@H]2CCc2ccc(O)cc2)s1. The van der Waals surface area contributed by atoms with Gasteiger partial charge in [0.05, 0.1) is 6.54 Å². The van der Waals surface area contributed by atoms with Crippen molar-refractivity contribution < 1.29 is 5.11 Å². The number of hydrogen-bond donors (Lipinski definition) is 1. The molecule has 1 saturated heterocycles. The molecule has 1 aromatic carbocycles. The second kappa shape index (κ2) is 7.20. The monoisotopic (exact) mass is 317 g/mol. The number of phenolic OH excluding ortho intramolecular Hbond substituents is 1. The maximum atomic E-state index is 9.36. The smallest absolute Gasteiger partial charge is 0.131 e. The summed E-state index contributed by atoms with van der Waals surface area (Å²) in [6.07, 6.45) is 6.12. The van der Waals surface area contributed by atoms with E-state index in [1.807, 2.05) is 19.1 Å². The highest BCUT2D eigenvalue weighted by molar-refractivity contribution is 7.11. The number of nitrogens with zero attached hydrogens (tertiary/aromatic N) is 3. The summed E-state index contributed by atoms with van der Waals surface area (Å²) in [4.78, 5) is 2.57. The van der Waals surface area contributed by atoms with Crippen molar-refractivity contribution in [2.75, 3.05) is 6.54 Å². The average Bonchev–Trinajstić information content (AvgIpc) is 2.93. The van der Waals surface area contributed by atoms with Crippen molar-refractivity contribution >= 4 is 11.3 Å². The number of likely N-dealkylation sites (tertiary alicyclic amines) is 1. The van der Waals surface area contributed by atoms with E-state index in [1.165, 1.54) is 37.8 Å². The Hall–Kier alpha value is -1.46. The Kier molecular flexibility index (Phi) is 5.05. The van der Waals surface area contributed by atoms with Gasteiger partial charge in [-0.15, -0.1) is 21.5 Å². The molecule has 0 bridgehead atoms. The standard InChI is InChI=1S/C17H23N3OS/c1-13-18-19-17(22-13)12-20-11-3-2-4-15(20)8-5-14-6-9-16(21)10-7-14/h6-7,9-10,15,21H,2-5,8,11-12H2,1H3/t15-/m1/s1. The fourth-order valence-corrected chi connectivity index (χ4v) is 3.90. The largest absolute Gasteiger partial charge is 0.508 e. The summed E-state index contributed by atoms with van der Waals surface area (Å²) in [6, 6.07) is 8.23. The maximum Gasteiger partial charge on any atom is 0.131 e. The predicted octanol–water partition coefficient (Wildman–Crippen LogP) is 3.54. The third kappa shape index (κ3) is 4.05. The molecule has 4 nitrogen and oxygen atoms in total. The molecule has 22 heavy (non-hydrogen) atoms. The zero-order chi connectivity index (χ0) is 15.4. The Balaban J connectivity index is 1.58. The van der Waals surface area contributed by atoms with Crippen LogP contribution in [0.4, 0.5) is 0 Å². The zero-order valence-corrected chi connectivity index (χ0v) is 13.9. The number of aromatic hydroxyl groups is 1. The molecule has 0 amide bonds. The fraction of sp³-hybridized carbons (Fsp3) is 0.529. The van der Waals surface area contributed by atoms with Crippen LogP contribution in [0.25, 0.3) is 0 Å². The molecule has 0 saturated carbocycles. The van der Waals surface area contributed by atoms with E-state index in [-0.39, 0.29) is 0 Å². The third-order valence-electron chi connectivity index (χ3n) is 4.36. The molecule has 1 aliphatic heterocycles. The first-order valence-electron chi connectivity index (χ1n) is 8.01. The molecule has 1 atom stereocenters. The topological polar surface area (TPSA) is 49.2 Å². The van der Waals surface area contributed by atoms with Crippen molar-refractivity contribution in [3.05, 3.63) is 39.8 Å². The lowest BCUT2D eigenvalue weighted by atomic mass is 9.96. The van der Waals surface area contributed by atoms with Gasteiger partial charge in [0, 0.05) is 6.04 Å². The van der Waals surface area contributed by atoms with Crippen LogP contribution in [0.1, 0.15) is 41.3 Å². The molecular formula is C17H23N3OS. The summed E-state index contributed by atoms with van der Waals surface area (Å²) >= 11 is 1.71. The second-order valence-corrected chi connectivity index (χ2v) is 7.31. The van der Waals surface area contributed by atoms with Gasteiger partial charge in [-0.1, -0.05) is 18.6 Å². The normalized spacial score (nSPS) is 19.4. The molecule has 3 rings (SSSR count). The van der Waals surface area contributed by atoms with Crippen molar-refractivity contribution in [3.8, 4) is 5.75 Å². The highest BCUT2D eigenvalue weighted by Crippen LogP contribution is 2.24. The molecule has 118 valence electrons. The molecule has 2 heterocycles. The van der Waals surface area contributed by atoms with Gasteiger partial charge in [-0.25, -0.2) is 0 Å². The van der Waals surface area contributed by atoms with E-state index in [0.29, 0.717) is 11.8 Å². The van der Waals surface area contributed by atoms with Crippen LogP contribution < -0.4 is 0 Å². The maximum absolute atomic E-state index is 9.36. The lowest BCUT2D eigenvalue weighted by Gasteiger charge is -2.35. The minimum absolute atomic E-state index is 0.342. The second-order valence-electron chi connectivity index (χ2n) is 6.04. The molecule has 0 spiro atoms. The van der Waals surface area contributed by atoms with E-state index >= 15 is 0 Å². The molecule has 5 heteroatoms. The number of phenols is 1. The Morgan fingerprint density at radius 2 is 2.05 bits per heavy atom. The Bertz CT molecular complexity index is 596. The zero-order valence-electron chi connectivity index (χ0n) is 13.0. The lowest BCUT2D eigenvalue weighted by Crippen LogP contribution is -2.39. The van der Waals surface area contributed by atoms with Gasteiger partial charge in [0.25, 0.3) is 0 Å². The van der Waals surface area contributed by atoms with E-state index in [0.717, 1.165) is 23.0 Å². The number of benzene rings is 1. The van der Waals surface area contributed by atoms with E-state index in [2.05, 4.69) is 15.1 Å². The van der Waals surface area contributed by atoms with Crippen LogP contribution in [0, 0.1) is 6.92 Å². The highest BCUT2D eigenvalue weighted by atomic mass is 32.1. The Labute approximate surface area is 135 Å². The molecular weight excluding hydrogens is 294 g/mol. The van der Waals surface area contributed by atoms with E-state index < -0.39 is 0 Å². The number of hydrogen-bond acceptors (Lipinski definition) is 5. The first-order chi connectivity index (χ1) is 10.7. The number of aryl methyl sites for hydroxylation is 2. The summed E-state index contributed by atoms with van der Waals surface area (Å²) in [7, 11) is 0. The third-order valence-corrected chi connectivity index (χ3v) is 5.18. The van der Waals surface area contributed by atoms with Crippen LogP contribution in [0.15, 0.2) is 24.3 Å². The summed E-state index contributed by atoms with van der Waals surface area (Å²) in [5, 5.41) is 19.9. The molecule has 1 fully saturated rings. The van der Waals surface area contributed by atoms with Crippen LogP contribution in [-0.2, 0) is 13.0 Å². The van der Waals surface area contributed by atoms with Crippen LogP contribution in [-0.4, -0.2) is 32.8 Å². The van der Waals surface area contributed by atoms with Gasteiger partial charge in [-0.05, 0) is 56.8 Å². The first-order valence-corrected chi connectivity index (χ1v) is 8.83. The summed E-state index contributed by atoms with van der Waals surface area (Å²) in [5.41, 5.74) is 1.30. The van der Waals surface area contributed by atoms with E-state index in [4.69, 9.17) is 0 Å². The quantitative estimate of drug-likeness (QED) is 0.916. The van der Waals surface area contributed by atoms with E-state index in [9.17, 15) is 5.11 Å². The van der Waals surface area contributed by atoms with E-state index in [1.54, 1.807) is 23.5 Å². The van der Waals surface area contributed by atoms with Crippen molar-refractivity contribution in [1.29, 1.82) is 0 Å². The van der Waals surface area contributed by atoms with Gasteiger partial charge < -0.3 is 5.11 Å². The minimum Gasteiger partial charge on any atom is -0.508 e. The van der Waals surface area contributed by atoms with Gasteiger partial charge >= 0.3 is 0 Å². The summed E-state index contributed by atoms with van der Waals surface area (Å²) in [5.74, 6) is 0.342. The fourth-order valence-electron chi connectivity index (χ4n) is 3.17. The van der Waals surface area contributed by atoms with Gasteiger partial charge in [-0.2, -0.15) is 0 Å². The first kappa shape index (κ1) is 15.4. The van der Waals surface area contributed by atoms with Crippen molar-refractivity contribution in [2.45, 2.75) is 51.6 Å². The Morgan fingerprint density at radius 1 is 1.23 bits per heavy atom. The van der Waals surface area contributed by atoms with Gasteiger partial charge in [0.1, 0.15) is 15.8 Å². The number of aromatic nitrogens is 2. The molecule has 1 N–H and O–H groups in total. The van der Waals surface area contributed by atoms with Crippen LogP contribution in [0.2, 0.25) is 0 Å². The average molecular weight is 317 g/mol. The highest BCUT2D eigenvalue weighted by Gasteiger charge is 2.23. The van der Waals surface area contributed by atoms with Gasteiger partial charge in [0.2, 0.25) is 0 Å².